The van der Waals surface area contributed by atoms with Crippen LogP contribution in [0.5, 0.6) is 0 Å². The Morgan fingerprint density at radius 1 is 0.513 bits per heavy atom. The predicted molar refractivity (Wildman–Crippen MR) is 312 cm³/mol. The van der Waals surface area contributed by atoms with Crippen LogP contribution in [0.25, 0.3) is 11.4 Å². The van der Waals surface area contributed by atoms with E-state index < -0.39 is 27.4 Å². The van der Waals surface area contributed by atoms with Crippen molar-refractivity contribution in [1.29, 1.82) is 0 Å². The van der Waals surface area contributed by atoms with Gasteiger partial charge < -0.3 is 13.7 Å². The van der Waals surface area contributed by atoms with Gasteiger partial charge in [0.2, 0.25) is 12.7 Å². The van der Waals surface area contributed by atoms with Crippen LogP contribution in [0.4, 0.5) is 0 Å². The number of aryl methyl sites for hydroxylation is 8. The lowest BCUT2D eigenvalue weighted by Gasteiger charge is -2.30. The Bertz CT molecular complexity index is 3330. The van der Waals surface area contributed by atoms with Crippen LogP contribution in [0.15, 0.2) is 181 Å². The maximum Gasteiger partial charge on any atom is 0.249 e. The van der Waals surface area contributed by atoms with Gasteiger partial charge in [-0.1, -0.05) is 180 Å². The number of hydrogen-bond donors (Lipinski definition) is 0. The number of rotatable bonds is 10. The molecule has 0 bridgehead atoms. The Morgan fingerprint density at radius 3 is 1.22 bits per heavy atom. The summed E-state index contributed by atoms with van der Waals surface area (Å²) >= 11 is 0. The normalized spacial score (nSPS) is 12.8. The minimum absolute atomic E-state index is 0. The molecule has 0 amide bonds. The third-order valence-electron chi connectivity index (χ3n) is 12.6. The average molecular weight is 1110 g/mol. The summed E-state index contributed by atoms with van der Waals surface area (Å²) in [6, 6.07) is 41.4. The predicted octanol–water partition coefficient (Wildman–Crippen LogP) is 12.8. The first kappa shape index (κ1) is 62.8. The quantitative estimate of drug-likeness (QED) is 0.0752. The van der Waals surface area contributed by atoms with Crippen LogP contribution in [0.3, 0.4) is 0 Å². The smallest absolute Gasteiger partial charge is 0.249 e. The molecule has 2 aromatic heterocycles. The van der Waals surface area contributed by atoms with Crippen molar-refractivity contribution in [3.05, 3.63) is 215 Å². The van der Waals surface area contributed by atoms with E-state index in [0.29, 0.717) is 6.29 Å². The van der Waals surface area contributed by atoms with Crippen LogP contribution in [-0.2, 0) is 37.4 Å². The van der Waals surface area contributed by atoms with Gasteiger partial charge in [-0.25, -0.2) is 35.1 Å². The first-order valence-electron chi connectivity index (χ1n) is 24.7. The van der Waals surface area contributed by atoms with Gasteiger partial charge in [0.05, 0.1) is 9.79 Å². The van der Waals surface area contributed by atoms with Gasteiger partial charge in [0.1, 0.15) is 69.0 Å². The molecule has 0 saturated heterocycles. The SMILES string of the molecule is C.Cc1cc(C)c(-n2cc[n+](CP(c3ccccc3)C(C)(C)C)c2)c(C)c1.Cc1cc(C)c(-n2cc[n+](C[P@@](=O)(c3ccccc3)C(C)(C)C)c2)c(C)c1.Cc1ccc(S(=O)(=O)[O-])cc1.Cc1ccc(S(=O)(=O)[O-])cc1. The summed E-state index contributed by atoms with van der Waals surface area (Å²) in [5.41, 5.74) is 12.1. The lowest BCUT2D eigenvalue weighted by molar-refractivity contribution is -0.677. The molecular weight excluding hydrogens is 1030 g/mol. The molecule has 11 nitrogen and oxygen atoms in total. The standard InChI is InChI=1S/C23H30N2OP.C23H30N2P.2C7H8O3S.CH4/c1-18-14-19(2)22(20(3)15-18)25-13-12-24(16-25)17-27(26,23(4,5)6)21-10-8-7-9-11-21;1-18-14-19(2)22(20(3)15-18)25-13-12-24(16-25)17-26(23(4,5)6)21-10-8-7-9-11-21;2*1-6-2-4-7(5-3-6)11(8,9)10;/h7-16H,17H2,1-6H3;7-16H,17H2,1-6H3;2*2-5H,1H3,(H,8,9,10);1H4/q2*+1;;;/p-2/t27-;;;;/m1..../s1. The van der Waals surface area contributed by atoms with Gasteiger partial charge >= 0.3 is 0 Å². The van der Waals surface area contributed by atoms with Gasteiger partial charge in [-0.05, 0) is 120 Å². The zero-order chi connectivity index (χ0) is 55.7. The monoisotopic (exact) mass is 1100 g/mol. The van der Waals surface area contributed by atoms with Crippen molar-refractivity contribution in [3.8, 4) is 11.4 Å². The van der Waals surface area contributed by atoms with Gasteiger partial charge in [-0.15, -0.1) is 0 Å². The van der Waals surface area contributed by atoms with E-state index in [0.717, 1.165) is 22.7 Å². The molecule has 8 aromatic rings. The van der Waals surface area contributed by atoms with Crippen molar-refractivity contribution >= 4 is 45.9 Å². The first-order valence-corrected chi connectivity index (χ1v) is 30.9. The minimum Gasteiger partial charge on any atom is -0.744 e. The molecule has 0 spiro atoms. The highest BCUT2D eigenvalue weighted by atomic mass is 32.2. The zero-order valence-electron chi connectivity index (χ0n) is 45.9. The molecule has 0 N–H and O–H groups in total. The highest BCUT2D eigenvalue weighted by molar-refractivity contribution is 7.86. The van der Waals surface area contributed by atoms with Crippen LogP contribution >= 0.6 is 15.1 Å². The molecule has 8 rings (SSSR count). The third-order valence-corrected chi connectivity index (χ3v) is 21.5. The van der Waals surface area contributed by atoms with Gasteiger partial charge in [-0.2, -0.15) is 0 Å². The zero-order valence-corrected chi connectivity index (χ0v) is 49.4. The minimum atomic E-state index is -4.27. The largest absolute Gasteiger partial charge is 0.744 e. The summed E-state index contributed by atoms with van der Waals surface area (Å²) in [6.07, 6.45) is 14.3. The molecule has 406 valence electrons. The maximum atomic E-state index is 14.1. The van der Waals surface area contributed by atoms with Crippen LogP contribution < -0.4 is 19.7 Å². The lowest BCUT2D eigenvalue weighted by Crippen LogP contribution is -2.38. The van der Waals surface area contributed by atoms with Crippen molar-refractivity contribution in [2.75, 3.05) is 0 Å². The molecule has 15 heteroatoms. The van der Waals surface area contributed by atoms with E-state index in [2.05, 4.69) is 187 Å². The van der Waals surface area contributed by atoms with E-state index >= 15 is 0 Å². The molecule has 2 heterocycles. The molecule has 2 atom stereocenters. The van der Waals surface area contributed by atoms with Crippen molar-refractivity contribution in [1.82, 2.24) is 9.13 Å². The number of nitrogens with zero attached hydrogens (tertiary/aromatic N) is 4. The molecular formula is C61H78N4O7P2S2. The van der Waals surface area contributed by atoms with Crippen LogP contribution in [-0.4, -0.2) is 45.4 Å². The Labute approximate surface area is 456 Å². The summed E-state index contributed by atoms with van der Waals surface area (Å²) in [7, 11) is -11.5. The Balaban J connectivity index is 0.000000235. The van der Waals surface area contributed by atoms with E-state index in [1.54, 1.807) is 24.3 Å². The number of aromatic nitrogens is 4. The molecule has 0 radical (unpaired) electrons. The molecule has 76 heavy (non-hydrogen) atoms. The number of hydrogen-bond acceptors (Lipinski definition) is 7. The second-order valence-corrected chi connectivity index (χ2v) is 30.5. The van der Waals surface area contributed by atoms with E-state index in [-0.39, 0.29) is 35.5 Å². The second-order valence-electron chi connectivity index (χ2n) is 21.2. The van der Waals surface area contributed by atoms with Crippen LogP contribution in [0.2, 0.25) is 0 Å². The van der Waals surface area contributed by atoms with Gasteiger partial charge in [0, 0.05) is 10.5 Å². The van der Waals surface area contributed by atoms with Gasteiger partial charge in [0.15, 0.2) is 7.14 Å². The van der Waals surface area contributed by atoms with E-state index in [1.165, 1.54) is 74.3 Å². The Kier molecular flexibility index (Phi) is 21.5. The summed E-state index contributed by atoms with van der Waals surface area (Å²) in [4.78, 5) is -0.355. The maximum absolute atomic E-state index is 14.1. The molecule has 0 saturated carbocycles. The first-order chi connectivity index (χ1) is 34.9. The molecule has 1 unspecified atom stereocenters. The van der Waals surface area contributed by atoms with Crippen molar-refractivity contribution in [2.45, 2.75) is 137 Å². The van der Waals surface area contributed by atoms with Crippen LogP contribution in [0, 0.1) is 55.4 Å². The average Bonchev–Trinajstić information content (AvgIpc) is 3.97. The van der Waals surface area contributed by atoms with Crippen LogP contribution in [0.1, 0.15) is 93.5 Å². The molecule has 0 aliphatic carbocycles. The summed E-state index contributed by atoms with van der Waals surface area (Å²) < 4.78 is 85.3. The highest BCUT2D eigenvalue weighted by Gasteiger charge is 2.40. The topological polar surface area (TPSA) is 149 Å². The fraction of sp³-hybridized carbons (Fsp3) is 0.311. The van der Waals surface area contributed by atoms with Crippen molar-refractivity contribution in [3.63, 3.8) is 0 Å². The summed E-state index contributed by atoms with van der Waals surface area (Å²) in [6.45, 7) is 29.9. The molecule has 0 aliphatic heterocycles. The third kappa shape index (κ3) is 17.1. The summed E-state index contributed by atoms with van der Waals surface area (Å²) in [5, 5.41) is 2.37. The highest BCUT2D eigenvalue weighted by Crippen LogP contribution is 2.56. The number of imidazole rings is 2. The van der Waals surface area contributed by atoms with Gasteiger partial charge in [0.25, 0.3) is 0 Å². The molecule has 0 aliphatic rings. The lowest BCUT2D eigenvalue weighted by atomic mass is 10.1. The van der Waals surface area contributed by atoms with Crippen molar-refractivity contribution < 1.29 is 39.6 Å². The summed E-state index contributed by atoms with van der Waals surface area (Å²) in [5.74, 6) is 0. The van der Waals surface area contributed by atoms with E-state index in [9.17, 15) is 30.5 Å². The van der Waals surface area contributed by atoms with E-state index in [4.69, 9.17) is 0 Å². The van der Waals surface area contributed by atoms with E-state index in [1.807, 2.05) is 50.4 Å². The molecule has 6 aromatic carbocycles. The Hall–Kier alpha value is -5.78. The fourth-order valence-corrected chi connectivity index (χ4v) is 14.8. The number of benzene rings is 6. The van der Waals surface area contributed by atoms with Gasteiger partial charge in [-0.3, -0.25) is 0 Å². The van der Waals surface area contributed by atoms with Crippen molar-refractivity contribution in [2.24, 2.45) is 0 Å². The fourth-order valence-electron chi connectivity index (χ4n) is 8.82. The second kappa shape index (κ2) is 26.0. The molecule has 0 fully saturated rings. The Morgan fingerprint density at radius 2 is 0.868 bits per heavy atom.